The monoisotopic (exact) mass is 365 g/mol. The largest absolute Gasteiger partial charge is 0.459 e. The van der Waals surface area contributed by atoms with Crippen molar-refractivity contribution in [3.8, 4) is 0 Å². The van der Waals surface area contributed by atoms with Crippen LogP contribution in [0.15, 0.2) is 76.4 Å². The number of anilines is 1. The van der Waals surface area contributed by atoms with Crippen molar-refractivity contribution in [2.75, 3.05) is 5.32 Å². The molecule has 2 N–H and O–H groups in total. The first-order valence-corrected chi connectivity index (χ1v) is 8.09. The molecule has 1 heterocycles. The van der Waals surface area contributed by atoms with Gasteiger partial charge in [-0.25, -0.2) is 9.82 Å². The molecule has 1 aromatic heterocycles. The number of hydrogen-bond acceptors (Lipinski definition) is 4. The second-order valence-corrected chi connectivity index (χ2v) is 5.63. The molecule has 0 saturated heterocycles. The number of rotatable bonds is 5. The van der Waals surface area contributed by atoms with Crippen molar-refractivity contribution in [1.29, 1.82) is 0 Å². The van der Waals surface area contributed by atoms with Crippen LogP contribution in [-0.2, 0) is 0 Å². The van der Waals surface area contributed by atoms with Crippen LogP contribution in [0.2, 0.25) is 0 Å². The van der Waals surface area contributed by atoms with Crippen LogP contribution in [0, 0.1) is 5.82 Å². The van der Waals surface area contributed by atoms with Gasteiger partial charge in [-0.2, -0.15) is 5.10 Å². The van der Waals surface area contributed by atoms with E-state index in [1.54, 1.807) is 49.4 Å². The lowest BCUT2D eigenvalue weighted by atomic mass is 10.1. The minimum absolute atomic E-state index is 0.0787. The SMILES string of the molecule is C/C(=N\NC(=O)c1ccccc1F)c1ccc(NC(=O)c2ccco2)cc1. The second kappa shape index (κ2) is 8.09. The molecule has 3 rings (SSSR count). The van der Waals surface area contributed by atoms with Crippen LogP contribution in [0.25, 0.3) is 0 Å². The van der Waals surface area contributed by atoms with Crippen LogP contribution < -0.4 is 10.7 Å². The van der Waals surface area contributed by atoms with E-state index in [2.05, 4.69) is 15.8 Å². The van der Waals surface area contributed by atoms with Crippen LogP contribution in [0.4, 0.5) is 10.1 Å². The van der Waals surface area contributed by atoms with Crippen LogP contribution in [0.1, 0.15) is 33.4 Å². The molecule has 3 aromatic rings. The molecule has 0 aliphatic heterocycles. The third-order valence-corrected chi connectivity index (χ3v) is 3.75. The Bertz CT molecular complexity index is 980. The van der Waals surface area contributed by atoms with Crippen molar-refractivity contribution >= 4 is 23.2 Å². The highest BCUT2D eigenvalue weighted by Crippen LogP contribution is 2.13. The summed E-state index contributed by atoms with van der Waals surface area (Å²) in [5.74, 6) is -1.38. The Hall–Kier alpha value is -3.74. The van der Waals surface area contributed by atoms with Gasteiger partial charge in [0.25, 0.3) is 11.8 Å². The van der Waals surface area contributed by atoms with Crippen LogP contribution in [0.5, 0.6) is 0 Å². The summed E-state index contributed by atoms with van der Waals surface area (Å²) < 4.78 is 18.6. The molecule has 0 aliphatic carbocycles. The molecule has 2 aromatic carbocycles. The second-order valence-electron chi connectivity index (χ2n) is 5.63. The minimum atomic E-state index is -0.630. The average molecular weight is 365 g/mol. The molecule has 0 saturated carbocycles. The lowest BCUT2D eigenvalue weighted by Crippen LogP contribution is -2.20. The van der Waals surface area contributed by atoms with Gasteiger partial charge < -0.3 is 9.73 Å². The quantitative estimate of drug-likeness (QED) is 0.532. The molecule has 0 radical (unpaired) electrons. The minimum Gasteiger partial charge on any atom is -0.459 e. The van der Waals surface area contributed by atoms with Crippen LogP contribution >= 0.6 is 0 Å². The van der Waals surface area contributed by atoms with Crippen molar-refractivity contribution in [3.63, 3.8) is 0 Å². The number of nitrogens with one attached hydrogen (secondary N) is 2. The van der Waals surface area contributed by atoms with Gasteiger partial charge in [-0.05, 0) is 48.9 Å². The molecule has 27 heavy (non-hydrogen) atoms. The van der Waals surface area contributed by atoms with Gasteiger partial charge in [-0.3, -0.25) is 9.59 Å². The summed E-state index contributed by atoms with van der Waals surface area (Å²) in [5, 5.41) is 6.70. The lowest BCUT2D eigenvalue weighted by molar-refractivity contribution is 0.0949. The molecule has 2 amide bonds. The normalized spacial score (nSPS) is 11.1. The van der Waals surface area contributed by atoms with Crippen molar-refractivity contribution in [1.82, 2.24) is 5.43 Å². The molecule has 0 atom stereocenters. The van der Waals surface area contributed by atoms with E-state index in [4.69, 9.17) is 4.42 Å². The fraction of sp³-hybridized carbons (Fsp3) is 0.0500. The zero-order valence-corrected chi connectivity index (χ0v) is 14.4. The van der Waals surface area contributed by atoms with Gasteiger partial charge >= 0.3 is 0 Å². The van der Waals surface area contributed by atoms with E-state index < -0.39 is 11.7 Å². The van der Waals surface area contributed by atoms with Gasteiger partial charge in [0.05, 0.1) is 17.5 Å². The van der Waals surface area contributed by atoms with E-state index in [1.165, 1.54) is 24.5 Å². The van der Waals surface area contributed by atoms with Crippen LogP contribution in [-0.4, -0.2) is 17.5 Å². The van der Waals surface area contributed by atoms with E-state index in [1.807, 2.05) is 0 Å². The van der Waals surface area contributed by atoms with Crippen LogP contribution in [0.3, 0.4) is 0 Å². The van der Waals surface area contributed by atoms with E-state index in [-0.39, 0.29) is 17.2 Å². The fourth-order valence-electron chi connectivity index (χ4n) is 2.30. The highest BCUT2D eigenvalue weighted by atomic mass is 19.1. The molecule has 136 valence electrons. The van der Waals surface area contributed by atoms with Gasteiger partial charge in [0, 0.05) is 5.69 Å². The smallest absolute Gasteiger partial charge is 0.291 e. The number of carbonyl (C=O) groups is 2. The Balaban J connectivity index is 1.64. The zero-order valence-electron chi connectivity index (χ0n) is 14.4. The van der Waals surface area contributed by atoms with E-state index in [0.717, 1.165) is 5.56 Å². The zero-order chi connectivity index (χ0) is 19.2. The molecule has 0 aliphatic rings. The first-order valence-electron chi connectivity index (χ1n) is 8.09. The summed E-state index contributed by atoms with van der Waals surface area (Å²) in [6.07, 6.45) is 1.42. The third-order valence-electron chi connectivity index (χ3n) is 3.75. The summed E-state index contributed by atoms with van der Waals surface area (Å²) >= 11 is 0. The standard InChI is InChI=1S/C20H16FN3O3/c1-13(23-24-19(25)16-5-2-3-6-17(16)21)14-8-10-15(11-9-14)22-20(26)18-7-4-12-27-18/h2-12H,1H3,(H,22,26)(H,24,25)/b23-13+. The molecule has 0 bridgehead atoms. The highest BCUT2D eigenvalue weighted by molar-refractivity contribution is 6.03. The third kappa shape index (κ3) is 4.46. The summed E-state index contributed by atoms with van der Waals surface area (Å²) in [6, 6.07) is 15.8. The van der Waals surface area contributed by atoms with Gasteiger partial charge in [-0.1, -0.05) is 24.3 Å². The Morgan fingerprint density at radius 2 is 1.70 bits per heavy atom. The first-order chi connectivity index (χ1) is 13.0. The summed E-state index contributed by atoms with van der Waals surface area (Å²) in [6.45, 7) is 1.71. The fourth-order valence-corrected chi connectivity index (χ4v) is 2.30. The van der Waals surface area contributed by atoms with Gasteiger partial charge in [-0.15, -0.1) is 0 Å². The van der Waals surface area contributed by atoms with Crippen molar-refractivity contribution in [2.45, 2.75) is 6.92 Å². The molecule has 0 fully saturated rings. The number of nitrogens with zero attached hydrogens (tertiary/aromatic N) is 1. The van der Waals surface area contributed by atoms with Gasteiger partial charge in [0.2, 0.25) is 0 Å². The maximum Gasteiger partial charge on any atom is 0.291 e. The Morgan fingerprint density at radius 1 is 0.963 bits per heavy atom. The number of amides is 2. The predicted octanol–water partition coefficient (Wildman–Crippen LogP) is 3.83. The van der Waals surface area contributed by atoms with E-state index >= 15 is 0 Å². The molecule has 7 heteroatoms. The molecule has 6 nitrogen and oxygen atoms in total. The van der Waals surface area contributed by atoms with Gasteiger partial charge in [0.15, 0.2) is 5.76 Å². The number of halogens is 1. The molecule has 0 spiro atoms. The number of furan rings is 1. The van der Waals surface area contributed by atoms with E-state index in [0.29, 0.717) is 11.4 Å². The molecular formula is C20H16FN3O3. The Labute approximate surface area is 154 Å². The average Bonchev–Trinajstić information content (AvgIpc) is 3.22. The van der Waals surface area contributed by atoms with E-state index in [9.17, 15) is 14.0 Å². The maximum absolute atomic E-state index is 13.6. The highest BCUT2D eigenvalue weighted by Gasteiger charge is 2.11. The number of carbonyl (C=O) groups excluding carboxylic acids is 2. The Kier molecular flexibility index (Phi) is 5.41. The maximum atomic E-state index is 13.6. The lowest BCUT2D eigenvalue weighted by Gasteiger charge is -2.06. The van der Waals surface area contributed by atoms with Crippen molar-refractivity contribution in [2.24, 2.45) is 5.10 Å². The first kappa shape index (κ1) is 18.1. The number of benzene rings is 2. The number of hydrogen-bond donors (Lipinski definition) is 2. The molecule has 0 unspecified atom stereocenters. The van der Waals surface area contributed by atoms with Crippen molar-refractivity contribution < 1.29 is 18.4 Å². The van der Waals surface area contributed by atoms with Crippen molar-refractivity contribution in [3.05, 3.63) is 89.6 Å². The van der Waals surface area contributed by atoms with Gasteiger partial charge in [0.1, 0.15) is 5.82 Å². The topological polar surface area (TPSA) is 83.7 Å². The Morgan fingerprint density at radius 3 is 2.37 bits per heavy atom. The molecular weight excluding hydrogens is 349 g/mol. The summed E-state index contributed by atoms with van der Waals surface area (Å²) in [5.41, 5.74) is 4.11. The summed E-state index contributed by atoms with van der Waals surface area (Å²) in [7, 11) is 0. The number of hydrazone groups is 1. The predicted molar refractivity (Wildman–Crippen MR) is 99.2 cm³/mol. The summed E-state index contributed by atoms with van der Waals surface area (Å²) in [4.78, 5) is 23.9.